The molecular weight excluding hydrogens is 328 g/mol. The van der Waals surface area contributed by atoms with E-state index in [0.29, 0.717) is 30.1 Å². The van der Waals surface area contributed by atoms with Crippen molar-refractivity contribution in [3.8, 4) is 0 Å². The molecule has 0 aliphatic rings. The van der Waals surface area contributed by atoms with Crippen molar-refractivity contribution in [2.75, 3.05) is 0 Å². The number of benzene rings is 2. The van der Waals surface area contributed by atoms with Gasteiger partial charge in [0, 0.05) is 12.0 Å². The summed E-state index contributed by atoms with van der Waals surface area (Å²) in [7, 11) is 0. The number of rotatable bonds is 7. The van der Waals surface area contributed by atoms with Gasteiger partial charge in [-0.05, 0) is 69.7 Å². The molecule has 1 radical (unpaired) electrons. The van der Waals surface area contributed by atoms with E-state index in [1.807, 2.05) is 12.1 Å². The van der Waals surface area contributed by atoms with Crippen LogP contribution in [0.15, 0.2) is 30.3 Å². The molecule has 0 heterocycles. The minimum Gasteiger partial charge on any atom is -0.294 e. The zero-order chi connectivity index (χ0) is 20.3. The number of carbonyl (C=O) groups is 1. The molecule has 2 aromatic rings. The predicted octanol–water partition coefficient (Wildman–Crippen LogP) is 7.41. The van der Waals surface area contributed by atoms with Crippen LogP contribution in [0.2, 0.25) is 0 Å². The highest BCUT2D eigenvalue weighted by Gasteiger charge is 2.19. The Morgan fingerprint density at radius 1 is 0.778 bits per heavy atom. The zero-order valence-corrected chi connectivity index (χ0v) is 18.3. The highest BCUT2D eigenvalue weighted by molar-refractivity contribution is 5.98. The first-order valence-electron chi connectivity index (χ1n) is 10.3. The Hall–Kier alpha value is -1.89. The Balaban J connectivity index is 2.49. The molecule has 0 bridgehead atoms. The molecule has 1 nitrogen and oxygen atoms in total. The van der Waals surface area contributed by atoms with E-state index in [-0.39, 0.29) is 5.78 Å². The minimum absolute atomic E-state index is 0.211. The second-order valence-electron chi connectivity index (χ2n) is 8.91. The lowest BCUT2D eigenvalue weighted by atomic mass is 9.84. The average molecular weight is 364 g/mol. The van der Waals surface area contributed by atoms with Crippen molar-refractivity contribution in [3.63, 3.8) is 0 Å². The van der Waals surface area contributed by atoms with Crippen molar-refractivity contribution >= 4 is 5.78 Å². The topological polar surface area (TPSA) is 17.1 Å². The molecule has 0 aliphatic carbocycles. The highest BCUT2D eigenvalue weighted by Crippen LogP contribution is 2.30. The summed E-state index contributed by atoms with van der Waals surface area (Å²) in [5.74, 6) is 1.76. The quantitative estimate of drug-likeness (QED) is 0.468. The van der Waals surface area contributed by atoms with Crippen LogP contribution in [-0.2, 0) is 6.42 Å². The minimum atomic E-state index is 0.211. The molecule has 1 heteroatoms. The fourth-order valence-electron chi connectivity index (χ4n) is 3.57. The maximum Gasteiger partial charge on any atom is 0.167 e. The average Bonchev–Trinajstić information content (AvgIpc) is 2.60. The summed E-state index contributed by atoms with van der Waals surface area (Å²) in [5.41, 5.74) is 6.90. The monoisotopic (exact) mass is 363 g/mol. The van der Waals surface area contributed by atoms with E-state index < -0.39 is 0 Å². The summed E-state index contributed by atoms with van der Waals surface area (Å²) in [6, 6.07) is 14.1. The van der Waals surface area contributed by atoms with Gasteiger partial charge in [-0.1, -0.05) is 73.6 Å². The van der Waals surface area contributed by atoms with Crippen LogP contribution in [0.3, 0.4) is 0 Å². The van der Waals surface area contributed by atoms with Crippen molar-refractivity contribution in [3.05, 3.63) is 69.8 Å². The lowest BCUT2D eigenvalue weighted by molar-refractivity contribution is 0.0992. The van der Waals surface area contributed by atoms with Gasteiger partial charge < -0.3 is 0 Å². The first-order valence-corrected chi connectivity index (χ1v) is 10.3. The number of hydrogen-bond acceptors (Lipinski definition) is 1. The summed E-state index contributed by atoms with van der Waals surface area (Å²) in [6.07, 6.45) is 0.473. The smallest absolute Gasteiger partial charge is 0.167 e. The standard InChI is InChI=1S/C26H35O/c1-16(2)20-12-21(17(3)4)14-22(13-20)26(27)15-25-23(18(5)6)10-9-11-24(25)19(7)8/h9-11,13-14,16-19H,15H2,1-8H3. The van der Waals surface area contributed by atoms with Gasteiger partial charge in [0.2, 0.25) is 0 Å². The molecule has 2 rings (SSSR count). The second-order valence-corrected chi connectivity index (χ2v) is 8.91. The molecule has 0 fully saturated rings. The molecule has 0 atom stereocenters. The highest BCUT2D eigenvalue weighted by atomic mass is 16.1. The van der Waals surface area contributed by atoms with Gasteiger partial charge in [-0.2, -0.15) is 0 Å². The van der Waals surface area contributed by atoms with Gasteiger partial charge in [-0.15, -0.1) is 0 Å². The van der Waals surface area contributed by atoms with E-state index in [1.165, 1.54) is 16.7 Å². The number of carbonyl (C=O) groups excluding carboxylic acids is 1. The molecule has 0 saturated heterocycles. The Morgan fingerprint density at radius 2 is 1.22 bits per heavy atom. The summed E-state index contributed by atoms with van der Waals surface area (Å²) >= 11 is 0. The van der Waals surface area contributed by atoms with Crippen LogP contribution < -0.4 is 0 Å². The van der Waals surface area contributed by atoms with E-state index in [2.05, 4.69) is 79.7 Å². The third kappa shape index (κ3) is 5.09. The maximum absolute atomic E-state index is 13.3. The van der Waals surface area contributed by atoms with Crippen LogP contribution in [0.1, 0.15) is 117 Å². The van der Waals surface area contributed by atoms with Gasteiger partial charge in [0.1, 0.15) is 0 Å². The fraction of sp³-hybridized carbons (Fsp3) is 0.500. The lowest BCUT2D eigenvalue weighted by Crippen LogP contribution is -2.12. The van der Waals surface area contributed by atoms with Gasteiger partial charge in [0.15, 0.2) is 5.78 Å². The molecule has 0 N–H and O–H groups in total. The second kappa shape index (κ2) is 8.87. The molecule has 2 aromatic carbocycles. The third-order valence-corrected chi connectivity index (χ3v) is 5.31. The fourth-order valence-corrected chi connectivity index (χ4v) is 3.57. The van der Waals surface area contributed by atoms with Crippen molar-refractivity contribution < 1.29 is 4.79 Å². The summed E-state index contributed by atoms with van der Waals surface area (Å²) in [5, 5.41) is 0. The largest absolute Gasteiger partial charge is 0.294 e. The number of Topliss-reactive ketones (excluding diaryl/α,β-unsaturated/α-hetero) is 1. The summed E-state index contributed by atoms with van der Waals surface area (Å²) < 4.78 is 0. The van der Waals surface area contributed by atoms with E-state index in [9.17, 15) is 4.79 Å². The zero-order valence-electron chi connectivity index (χ0n) is 18.3. The van der Waals surface area contributed by atoms with Crippen LogP contribution in [0.25, 0.3) is 0 Å². The normalized spacial score (nSPS) is 11.9. The Morgan fingerprint density at radius 3 is 1.59 bits per heavy atom. The van der Waals surface area contributed by atoms with Crippen LogP contribution >= 0.6 is 0 Å². The van der Waals surface area contributed by atoms with Crippen molar-refractivity contribution in [2.24, 2.45) is 0 Å². The number of hydrogen-bond donors (Lipinski definition) is 0. The van der Waals surface area contributed by atoms with Gasteiger partial charge in [0.25, 0.3) is 0 Å². The van der Waals surface area contributed by atoms with Gasteiger partial charge in [-0.3, -0.25) is 4.79 Å². The van der Waals surface area contributed by atoms with E-state index in [0.717, 1.165) is 16.7 Å². The van der Waals surface area contributed by atoms with Crippen LogP contribution in [0.5, 0.6) is 0 Å². The molecule has 0 aromatic heterocycles. The Labute approximate surface area is 166 Å². The summed E-state index contributed by atoms with van der Waals surface area (Å²) in [4.78, 5) is 13.3. The SMILES string of the molecule is CC(C)c1[c]c(C(C)C)cc(C(=O)Cc2c(C(C)C)cccc2C(C)C)c1. The van der Waals surface area contributed by atoms with Gasteiger partial charge >= 0.3 is 0 Å². The van der Waals surface area contributed by atoms with Crippen LogP contribution in [-0.4, -0.2) is 5.78 Å². The van der Waals surface area contributed by atoms with E-state index in [4.69, 9.17) is 0 Å². The Kier molecular flexibility index (Phi) is 7.03. The van der Waals surface area contributed by atoms with Crippen molar-refractivity contribution in [2.45, 2.75) is 85.5 Å². The first kappa shape index (κ1) is 21.4. The van der Waals surface area contributed by atoms with Crippen molar-refractivity contribution in [1.29, 1.82) is 0 Å². The molecule has 0 spiro atoms. The van der Waals surface area contributed by atoms with Crippen LogP contribution in [0, 0.1) is 6.07 Å². The molecule has 0 unspecified atom stereocenters. The molecule has 0 saturated carbocycles. The van der Waals surface area contributed by atoms with Gasteiger partial charge in [-0.25, -0.2) is 0 Å². The first-order chi connectivity index (χ1) is 12.6. The number of ketones is 1. The van der Waals surface area contributed by atoms with Gasteiger partial charge in [0.05, 0.1) is 0 Å². The Bertz CT molecular complexity index is 741. The van der Waals surface area contributed by atoms with Crippen molar-refractivity contribution in [1.82, 2.24) is 0 Å². The predicted molar refractivity (Wildman–Crippen MR) is 116 cm³/mol. The third-order valence-electron chi connectivity index (χ3n) is 5.31. The van der Waals surface area contributed by atoms with Crippen LogP contribution in [0.4, 0.5) is 0 Å². The molecule has 0 amide bonds. The molecule has 145 valence electrons. The maximum atomic E-state index is 13.3. The molecular formula is C26H35O. The summed E-state index contributed by atoms with van der Waals surface area (Å²) in [6.45, 7) is 17.5. The lowest BCUT2D eigenvalue weighted by Gasteiger charge is -2.20. The molecule has 0 aliphatic heterocycles. The van der Waals surface area contributed by atoms with E-state index in [1.54, 1.807) is 0 Å². The van der Waals surface area contributed by atoms with E-state index >= 15 is 0 Å². The molecule has 27 heavy (non-hydrogen) atoms.